The summed E-state index contributed by atoms with van der Waals surface area (Å²) in [7, 11) is 4.60. The zero-order valence-corrected chi connectivity index (χ0v) is 14.9. The van der Waals surface area contributed by atoms with Gasteiger partial charge in [0.1, 0.15) is 0 Å². The molecule has 0 radical (unpaired) electrons. The summed E-state index contributed by atoms with van der Waals surface area (Å²) in [6.45, 7) is 0.742. The average Bonchev–Trinajstić information content (AvgIpc) is 2.65. The maximum atomic E-state index is 10.8. The van der Waals surface area contributed by atoms with Gasteiger partial charge in [-0.25, -0.2) is 0 Å². The third kappa shape index (κ3) is 2.22. The summed E-state index contributed by atoms with van der Waals surface area (Å²) in [5.41, 5.74) is 2.62. The molecule has 0 fully saturated rings. The fourth-order valence-corrected chi connectivity index (χ4v) is 3.68. The number of phenols is 2. The Balaban J connectivity index is 2.02. The summed E-state index contributed by atoms with van der Waals surface area (Å²) in [4.78, 5) is 0. The van der Waals surface area contributed by atoms with Crippen molar-refractivity contribution in [3.63, 3.8) is 0 Å². The van der Waals surface area contributed by atoms with Crippen molar-refractivity contribution >= 4 is 10.8 Å². The molecule has 3 aromatic rings. The zero-order chi connectivity index (χ0) is 18.4. The molecule has 134 valence electrons. The monoisotopic (exact) mass is 354 g/mol. The second-order valence-electron chi connectivity index (χ2n) is 6.22. The second kappa shape index (κ2) is 5.98. The van der Waals surface area contributed by atoms with E-state index in [0.717, 1.165) is 40.6 Å². The molecule has 4 rings (SSSR count). The number of aromatic nitrogens is 1. The number of hydrogen-bond acceptors (Lipinski definition) is 5. The SMILES string of the molecule is COc1cc2c(c(O)c1OC)-c1cc3ccc(O)c(OC)c3c[n+]1CC2. The Morgan fingerprint density at radius 2 is 1.73 bits per heavy atom. The number of nitrogens with zero attached hydrogens (tertiary/aromatic N) is 1. The van der Waals surface area contributed by atoms with E-state index < -0.39 is 0 Å². The van der Waals surface area contributed by atoms with E-state index >= 15 is 0 Å². The normalized spacial score (nSPS) is 12.4. The molecule has 0 saturated heterocycles. The third-order valence-electron chi connectivity index (χ3n) is 4.90. The van der Waals surface area contributed by atoms with Gasteiger partial charge in [0, 0.05) is 12.5 Å². The highest BCUT2D eigenvalue weighted by atomic mass is 16.5. The topological polar surface area (TPSA) is 72.0 Å². The smallest absolute Gasteiger partial charge is 0.217 e. The maximum absolute atomic E-state index is 10.8. The summed E-state index contributed by atoms with van der Waals surface area (Å²) in [5, 5.41) is 22.6. The minimum absolute atomic E-state index is 0.0698. The van der Waals surface area contributed by atoms with E-state index in [-0.39, 0.29) is 11.5 Å². The fraction of sp³-hybridized carbons (Fsp3) is 0.250. The van der Waals surface area contributed by atoms with E-state index in [4.69, 9.17) is 14.2 Å². The van der Waals surface area contributed by atoms with Crippen LogP contribution in [0.1, 0.15) is 5.56 Å². The Morgan fingerprint density at radius 3 is 2.42 bits per heavy atom. The number of aryl methyl sites for hydroxylation is 2. The molecule has 2 aromatic carbocycles. The molecular formula is C20H20NO5+. The van der Waals surface area contributed by atoms with Gasteiger partial charge in [-0.15, -0.1) is 0 Å². The number of phenolic OH excluding ortho intramolecular Hbond substituents is 2. The van der Waals surface area contributed by atoms with Crippen LogP contribution in [0.15, 0.2) is 30.5 Å². The van der Waals surface area contributed by atoms with E-state index in [0.29, 0.717) is 17.2 Å². The van der Waals surface area contributed by atoms with Crippen LogP contribution in [-0.2, 0) is 13.0 Å². The molecule has 0 atom stereocenters. The molecule has 0 unspecified atom stereocenters. The Morgan fingerprint density at radius 1 is 0.962 bits per heavy atom. The van der Waals surface area contributed by atoms with E-state index in [1.165, 1.54) is 14.2 Å². The van der Waals surface area contributed by atoms with Crippen molar-refractivity contribution in [2.45, 2.75) is 13.0 Å². The number of ether oxygens (including phenoxy) is 3. The number of aromatic hydroxyl groups is 2. The van der Waals surface area contributed by atoms with Crippen molar-refractivity contribution < 1.29 is 29.0 Å². The Labute approximate surface area is 150 Å². The van der Waals surface area contributed by atoms with Gasteiger partial charge < -0.3 is 24.4 Å². The Hall–Kier alpha value is -3.15. The molecule has 0 amide bonds. The van der Waals surface area contributed by atoms with Crippen molar-refractivity contribution in [3.05, 3.63) is 36.0 Å². The molecule has 2 heterocycles. The van der Waals surface area contributed by atoms with Gasteiger partial charge in [-0.3, -0.25) is 0 Å². The maximum Gasteiger partial charge on any atom is 0.217 e. The summed E-state index contributed by atoms with van der Waals surface area (Å²) in [5.74, 6) is 1.46. The highest BCUT2D eigenvalue weighted by molar-refractivity contribution is 5.92. The molecule has 26 heavy (non-hydrogen) atoms. The largest absolute Gasteiger partial charge is 0.504 e. The van der Waals surface area contributed by atoms with E-state index in [2.05, 4.69) is 4.57 Å². The van der Waals surface area contributed by atoms with Crippen LogP contribution in [0.4, 0.5) is 0 Å². The summed E-state index contributed by atoms with van der Waals surface area (Å²) >= 11 is 0. The van der Waals surface area contributed by atoms with Gasteiger partial charge in [0.15, 0.2) is 35.7 Å². The van der Waals surface area contributed by atoms with Crippen LogP contribution < -0.4 is 18.8 Å². The fourth-order valence-electron chi connectivity index (χ4n) is 3.68. The number of hydrogen-bond donors (Lipinski definition) is 2. The van der Waals surface area contributed by atoms with Crippen LogP contribution in [0.3, 0.4) is 0 Å². The third-order valence-corrected chi connectivity index (χ3v) is 4.90. The minimum Gasteiger partial charge on any atom is -0.504 e. The molecule has 1 aliphatic heterocycles. The van der Waals surface area contributed by atoms with Crippen LogP contribution in [-0.4, -0.2) is 31.5 Å². The lowest BCUT2D eigenvalue weighted by atomic mass is 9.94. The van der Waals surface area contributed by atoms with Crippen molar-refractivity contribution in [1.82, 2.24) is 0 Å². The van der Waals surface area contributed by atoms with Crippen molar-refractivity contribution in [1.29, 1.82) is 0 Å². The van der Waals surface area contributed by atoms with Crippen molar-refractivity contribution in [2.24, 2.45) is 0 Å². The molecular weight excluding hydrogens is 334 g/mol. The zero-order valence-electron chi connectivity index (χ0n) is 14.9. The second-order valence-corrected chi connectivity index (χ2v) is 6.22. The first-order valence-corrected chi connectivity index (χ1v) is 8.29. The number of fused-ring (bicyclic) bond motifs is 4. The van der Waals surface area contributed by atoms with E-state index in [9.17, 15) is 10.2 Å². The number of benzene rings is 2. The average molecular weight is 354 g/mol. The van der Waals surface area contributed by atoms with Gasteiger partial charge in [-0.05, 0) is 29.1 Å². The molecule has 0 spiro atoms. The molecule has 2 N–H and O–H groups in total. The predicted octanol–water partition coefficient (Wildman–Crippen LogP) is 2.79. The molecule has 0 aliphatic carbocycles. The van der Waals surface area contributed by atoms with Crippen molar-refractivity contribution in [2.75, 3.05) is 21.3 Å². The van der Waals surface area contributed by atoms with Crippen LogP contribution in [0.25, 0.3) is 22.0 Å². The molecule has 1 aromatic heterocycles. The van der Waals surface area contributed by atoms with Crippen LogP contribution in [0, 0.1) is 0 Å². The quantitative estimate of drug-likeness (QED) is 0.708. The molecule has 1 aliphatic rings. The highest BCUT2D eigenvalue weighted by Gasteiger charge is 2.31. The predicted molar refractivity (Wildman–Crippen MR) is 96.3 cm³/mol. The van der Waals surface area contributed by atoms with Crippen LogP contribution >= 0.6 is 0 Å². The van der Waals surface area contributed by atoms with Crippen molar-refractivity contribution in [3.8, 4) is 40.0 Å². The Bertz CT molecular complexity index is 1030. The van der Waals surface area contributed by atoms with Gasteiger partial charge in [0.05, 0.1) is 32.3 Å². The number of rotatable bonds is 3. The van der Waals surface area contributed by atoms with Gasteiger partial charge in [-0.1, -0.05) is 0 Å². The lowest BCUT2D eigenvalue weighted by Gasteiger charge is -2.20. The lowest BCUT2D eigenvalue weighted by Crippen LogP contribution is -2.40. The van der Waals surface area contributed by atoms with Gasteiger partial charge >= 0.3 is 0 Å². The Kier molecular flexibility index (Phi) is 3.76. The molecule has 0 bridgehead atoms. The van der Waals surface area contributed by atoms with Gasteiger partial charge in [-0.2, -0.15) is 4.57 Å². The molecule has 6 heteroatoms. The number of pyridine rings is 1. The summed E-state index contributed by atoms with van der Waals surface area (Å²) < 4.78 is 18.1. The summed E-state index contributed by atoms with van der Waals surface area (Å²) in [6, 6.07) is 7.34. The number of methoxy groups -OCH3 is 3. The summed E-state index contributed by atoms with van der Waals surface area (Å²) in [6.07, 6.45) is 2.69. The van der Waals surface area contributed by atoms with Gasteiger partial charge in [0.2, 0.25) is 11.4 Å². The first-order chi connectivity index (χ1) is 12.6. The lowest BCUT2D eigenvalue weighted by molar-refractivity contribution is -0.686. The first-order valence-electron chi connectivity index (χ1n) is 8.29. The van der Waals surface area contributed by atoms with Crippen LogP contribution in [0.5, 0.6) is 28.7 Å². The standard InChI is InChI=1S/C20H19NO5/c1-24-16-9-12-6-7-21-10-13-11(4-5-15(22)19(13)25-2)8-14(21)17(12)18(23)20(16)26-3/h4-5,8-10,22H,6-7H2,1-3H3/p+1. The van der Waals surface area contributed by atoms with E-state index in [1.807, 2.05) is 24.4 Å². The molecule has 0 saturated carbocycles. The molecule has 6 nitrogen and oxygen atoms in total. The minimum atomic E-state index is 0.0698. The highest BCUT2D eigenvalue weighted by Crippen LogP contribution is 2.47. The van der Waals surface area contributed by atoms with Gasteiger partial charge in [0.25, 0.3) is 0 Å². The first kappa shape index (κ1) is 16.3. The van der Waals surface area contributed by atoms with E-state index in [1.54, 1.807) is 13.2 Å². The van der Waals surface area contributed by atoms with Crippen LogP contribution in [0.2, 0.25) is 0 Å².